The van der Waals surface area contributed by atoms with Crippen molar-refractivity contribution in [2.75, 3.05) is 0 Å². The Labute approximate surface area is 146 Å². The summed E-state index contributed by atoms with van der Waals surface area (Å²) in [6.07, 6.45) is 0. The summed E-state index contributed by atoms with van der Waals surface area (Å²) in [6.45, 7) is 3.31. The van der Waals surface area contributed by atoms with Crippen molar-refractivity contribution in [1.82, 2.24) is 4.72 Å². The Hall–Kier alpha value is -1.89. The first kappa shape index (κ1) is 18.4. The third kappa shape index (κ3) is 4.35. The summed E-state index contributed by atoms with van der Waals surface area (Å²) < 4.78 is 27.7. The Morgan fingerprint density at radius 1 is 1.08 bits per heavy atom. The SMILES string of the molecule is Cc1ccc(S(=O)(=O)N[C@@H](c2ccc(Cl)cc2)[C@H](C)C(=O)O)cc1. The molecular weight excluding hydrogens is 350 g/mol. The molecule has 0 fully saturated rings. The van der Waals surface area contributed by atoms with Gasteiger partial charge in [-0.05, 0) is 36.8 Å². The number of rotatable bonds is 6. The summed E-state index contributed by atoms with van der Waals surface area (Å²) in [5, 5.41) is 9.80. The van der Waals surface area contributed by atoms with Gasteiger partial charge in [0, 0.05) is 5.02 Å². The molecule has 128 valence electrons. The van der Waals surface area contributed by atoms with E-state index >= 15 is 0 Å². The van der Waals surface area contributed by atoms with E-state index in [1.54, 1.807) is 36.4 Å². The van der Waals surface area contributed by atoms with Crippen molar-refractivity contribution >= 4 is 27.6 Å². The lowest BCUT2D eigenvalue weighted by Gasteiger charge is -2.23. The van der Waals surface area contributed by atoms with Crippen LogP contribution in [-0.2, 0) is 14.8 Å². The molecule has 5 nitrogen and oxygen atoms in total. The van der Waals surface area contributed by atoms with Gasteiger partial charge in [0.25, 0.3) is 0 Å². The summed E-state index contributed by atoms with van der Waals surface area (Å²) in [6, 6.07) is 11.9. The maximum Gasteiger partial charge on any atom is 0.308 e. The van der Waals surface area contributed by atoms with E-state index in [1.165, 1.54) is 19.1 Å². The monoisotopic (exact) mass is 367 g/mol. The Morgan fingerprint density at radius 2 is 1.62 bits per heavy atom. The van der Waals surface area contributed by atoms with E-state index in [2.05, 4.69) is 4.72 Å². The van der Waals surface area contributed by atoms with E-state index in [1.807, 2.05) is 6.92 Å². The third-order valence-corrected chi connectivity index (χ3v) is 5.44. The van der Waals surface area contributed by atoms with E-state index in [0.717, 1.165) is 5.56 Å². The van der Waals surface area contributed by atoms with Crippen molar-refractivity contribution in [3.63, 3.8) is 0 Å². The molecule has 0 bridgehead atoms. The van der Waals surface area contributed by atoms with Crippen molar-refractivity contribution in [2.24, 2.45) is 5.92 Å². The highest BCUT2D eigenvalue weighted by Gasteiger charge is 2.30. The largest absolute Gasteiger partial charge is 0.481 e. The molecule has 2 aromatic rings. The minimum Gasteiger partial charge on any atom is -0.481 e. The predicted molar refractivity (Wildman–Crippen MR) is 92.5 cm³/mol. The zero-order valence-electron chi connectivity index (χ0n) is 13.2. The molecule has 0 aromatic heterocycles. The fourth-order valence-electron chi connectivity index (χ4n) is 2.22. The Balaban J connectivity index is 2.39. The highest BCUT2D eigenvalue weighted by Crippen LogP contribution is 2.26. The molecule has 7 heteroatoms. The van der Waals surface area contributed by atoms with Crippen molar-refractivity contribution in [1.29, 1.82) is 0 Å². The van der Waals surface area contributed by atoms with E-state index in [9.17, 15) is 18.3 Å². The number of carboxylic acid groups (broad SMARTS) is 1. The van der Waals surface area contributed by atoms with E-state index in [-0.39, 0.29) is 4.90 Å². The van der Waals surface area contributed by atoms with Crippen LogP contribution in [0.15, 0.2) is 53.4 Å². The first-order valence-electron chi connectivity index (χ1n) is 7.28. The molecule has 0 heterocycles. The first-order chi connectivity index (χ1) is 11.2. The fraction of sp³-hybridized carbons (Fsp3) is 0.235. The van der Waals surface area contributed by atoms with E-state index in [4.69, 9.17) is 11.6 Å². The number of aliphatic carboxylic acids is 1. The van der Waals surface area contributed by atoms with Gasteiger partial charge >= 0.3 is 5.97 Å². The number of nitrogens with one attached hydrogen (secondary N) is 1. The van der Waals surface area contributed by atoms with Crippen LogP contribution in [0.2, 0.25) is 5.02 Å². The van der Waals surface area contributed by atoms with Crippen LogP contribution < -0.4 is 4.72 Å². The lowest BCUT2D eigenvalue weighted by Crippen LogP contribution is -2.35. The number of carbonyl (C=O) groups is 1. The molecule has 0 amide bonds. The van der Waals surface area contributed by atoms with Crippen molar-refractivity contribution in [3.05, 3.63) is 64.7 Å². The maximum absolute atomic E-state index is 12.6. The van der Waals surface area contributed by atoms with Crippen LogP contribution in [0.3, 0.4) is 0 Å². The molecule has 2 N–H and O–H groups in total. The van der Waals surface area contributed by atoms with Crippen LogP contribution >= 0.6 is 11.6 Å². The quantitative estimate of drug-likeness (QED) is 0.819. The highest BCUT2D eigenvalue weighted by molar-refractivity contribution is 7.89. The number of aryl methyl sites for hydroxylation is 1. The summed E-state index contributed by atoms with van der Waals surface area (Å²) in [5.74, 6) is -2.05. The molecule has 0 spiro atoms. The Morgan fingerprint density at radius 3 is 2.12 bits per heavy atom. The fourth-order valence-corrected chi connectivity index (χ4v) is 3.66. The standard InChI is InChI=1S/C17H18ClNO4S/c1-11-3-9-15(10-4-11)24(22,23)19-16(12(2)17(20)21)13-5-7-14(18)8-6-13/h3-10,12,16,19H,1-2H3,(H,20,21)/t12-,16+/m0/s1. The molecule has 24 heavy (non-hydrogen) atoms. The number of hydrogen-bond acceptors (Lipinski definition) is 3. The lowest BCUT2D eigenvalue weighted by molar-refractivity contribution is -0.142. The molecule has 2 aromatic carbocycles. The normalized spacial score (nSPS) is 14.1. The van der Waals surface area contributed by atoms with Crippen molar-refractivity contribution in [3.8, 4) is 0 Å². The highest BCUT2D eigenvalue weighted by atomic mass is 35.5. The first-order valence-corrected chi connectivity index (χ1v) is 9.14. The van der Waals surface area contributed by atoms with E-state index < -0.39 is 28.0 Å². The van der Waals surface area contributed by atoms with Crippen LogP contribution in [0.25, 0.3) is 0 Å². The summed E-state index contributed by atoms with van der Waals surface area (Å²) in [7, 11) is -3.86. The molecule has 0 radical (unpaired) electrons. The van der Waals surface area contributed by atoms with Gasteiger partial charge in [-0.15, -0.1) is 0 Å². The van der Waals surface area contributed by atoms with Crippen LogP contribution in [0.5, 0.6) is 0 Å². The molecule has 0 unspecified atom stereocenters. The number of halogens is 1. The average molecular weight is 368 g/mol. The van der Waals surface area contributed by atoms with Gasteiger partial charge in [-0.1, -0.05) is 48.4 Å². The van der Waals surface area contributed by atoms with Crippen LogP contribution in [0.1, 0.15) is 24.1 Å². The predicted octanol–water partition coefficient (Wildman–Crippen LogP) is 3.39. The van der Waals surface area contributed by atoms with Gasteiger partial charge < -0.3 is 5.11 Å². The average Bonchev–Trinajstić information content (AvgIpc) is 2.53. The number of hydrogen-bond donors (Lipinski definition) is 2. The number of benzene rings is 2. The van der Waals surface area contributed by atoms with Crippen LogP contribution in [0.4, 0.5) is 0 Å². The smallest absolute Gasteiger partial charge is 0.308 e. The minimum absolute atomic E-state index is 0.0876. The zero-order valence-corrected chi connectivity index (χ0v) is 14.8. The molecule has 2 rings (SSSR count). The minimum atomic E-state index is -3.86. The molecule has 0 saturated carbocycles. The van der Waals surface area contributed by atoms with E-state index in [0.29, 0.717) is 10.6 Å². The van der Waals surface area contributed by atoms with Crippen molar-refractivity contribution in [2.45, 2.75) is 24.8 Å². The second-order valence-electron chi connectivity index (χ2n) is 5.59. The maximum atomic E-state index is 12.6. The Kier molecular flexibility index (Phi) is 5.64. The second-order valence-corrected chi connectivity index (χ2v) is 7.74. The lowest BCUT2D eigenvalue weighted by atomic mass is 9.96. The van der Waals surface area contributed by atoms with Crippen LogP contribution in [0, 0.1) is 12.8 Å². The topological polar surface area (TPSA) is 83.5 Å². The van der Waals surface area contributed by atoms with Crippen LogP contribution in [-0.4, -0.2) is 19.5 Å². The Bertz CT molecular complexity index is 817. The second kappa shape index (κ2) is 7.34. The van der Waals surface area contributed by atoms with Gasteiger partial charge in [0.2, 0.25) is 10.0 Å². The van der Waals surface area contributed by atoms with Gasteiger partial charge in [0.15, 0.2) is 0 Å². The van der Waals surface area contributed by atoms with Gasteiger partial charge in [0.05, 0.1) is 16.9 Å². The molecule has 2 atom stereocenters. The summed E-state index contributed by atoms with van der Waals surface area (Å²) in [5.41, 5.74) is 1.46. The number of sulfonamides is 1. The third-order valence-electron chi connectivity index (χ3n) is 3.73. The van der Waals surface area contributed by atoms with Crippen molar-refractivity contribution < 1.29 is 18.3 Å². The molecular formula is C17H18ClNO4S. The summed E-state index contributed by atoms with van der Waals surface area (Å²) >= 11 is 5.85. The van der Waals surface area contributed by atoms with Gasteiger partial charge in [-0.25, -0.2) is 13.1 Å². The number of carboxylic acids is 1. The van der Waals surface area contributed by atoms with Gasteiger partial charge in [-0.2, -0.15) is 0 Å². The molecule has 0 aliphatic heterocycles. The molecule has 0 aliphatic carbocycles. The zero-order chi connectivity index (χ0) is 17.9. The molecule has 0 saturated heterocycles. The van der Waals surface area contributed by atoms with Gasteiger partial charge in [-0.3, -0.25) is 4.79 Å². The molecule has 0 aliphatic rings. The summed E-state index contributed by atoms with van der Waals surface area (Å²) in [4.78, 5) is 11.5. The van der Waals surface area contributed by atoms with Gasteiger partial charge in [0.1, 0.15) is 0 Å².